The van der Waals surface area contributed by atoms with Crippen LogP contribution in [0, 0.1) is 0 Å². The first-order valence-corrected chi connectivity index (χ1v) is 6.57. The van der Waals surface area contributed by atoms with Crippen molar-refractivity contribution in [2.24, 2.45) is 7.05 Å². The van der Waals surface area contributed by atoms with Gasteiger partial charge < -0.3 is 4.74 Å². The Hall–Kier alpha value is -2.40. The first kappa shape index (κ1) is 13.6. The maximum absolute atomic E-state index is 12.1. The number of Topliss-reactive ketones (excluding diaryl/α,β-unsaturated/α-hetero) is 1. The first-order valence-electron chi connectivity index (χ1n) is 6.20. The van der Waals surface area contributed by atoms with Crippen molar-refractivity contribution in [3.05, 3.63) is 53.3 Å². The van der Waals surface area contributed by atoms with Gasteiger partial charge in [-0.05, 0) is 17.7 Å². The molecule has 0 amide bonds. The van der Waals surface area contributed by atoms with Crippen LogP contribution in [-0.4, -0.2) is 21.5 Å². The summed E-state index contributed by atoms with van der Waals surface area (Å²) in [5.41, 5.74) is 1.93. The second kappa shape index (κ2) is 4.86. The van der Waals surface area contributed by atoms with E-state index < -0.39 is 17.9 Å². The molecule has 0 unspecified atom stereocenters. The van der Waals surface area contributed by atoms with E-state index in [0.717, 1.165) is 5.56 Å². The van der Waals surface area contributed by atoms with Crippen LogP contribution in [0.5, 0.6) is 0 Å². The molecule has 1 aliphatic rings. The van der Waals surface area contributed by atoms with Gasteiger partial charge in [-0.3, -0.25) is 9.48 Å². The molecule has 1 atom stereocenters. The van der Waals surface area contributed by atoms with Crippen molar-refractivity contribution in [2.75, 3.05) is 0 Å². The highest BCUT2D eigenvalue weighted by molar-refractivity contribution is 6.31. The summed E-state index contributed by atoms with van der Waals surface area (Å²) >= 11 is 6.04. The molecule has 1 saturated heterocycles. The van der Waals surface area contributed by atoms with Crippen LogP contribution < -0.4 is 0 Å². The standard InChI is InChI=1S/C15H11ClN2O3/c1-8-13(19)14(21-15(8)20)11-4-3-10(16)5-12(11)9-6-17-18(2)7-9/h3-7,14H,1H2,2H3/t14-/m1/s1. The molecule has 1 aromatic carbocycles. The van der Waals surface area contributed by atoms with Crippen LogP contribution in [-0.2, 0) is 21.4 Å². The highest BCUT2D eigenvalue weighted by Gasteiger charge is 2.39. The van der Waals surface area contributed by atoms with Gasteiger partial charge in [0.15, 0.2) is 6.10 Å². The lowest BCUT2D eigenvalue weighted by Gasteiger charge is -2.13. The zero-order valence-corrected chi connectivity index (χ0v) is 11.9. The van der Waals surface area contributed by atoms with Crippen LogP contribution >= 0.6 is 11.6 Å². The third kappa shape index (κ3) is 2.25. The number of ketones is 1. The molecule has 1 aromatic heterocycles. The Labute approximate surface area is 125 Å². The van der Waals surface area contributed by atoms with E-state index in [1.54, 1.807) is 42.3 Å². The lowest BCUT2D eigenvalue weighted by Crippen LogP contribution is -2.08. The maximum atomic E-state index is 12.1. The fraction of sp³-hybridized carbons (Fsp3) is 0.133. The summed E-state index contributed by atoms with van der Waals surface area (Å²) in [6, 6.07) is 5.05. The second-order valence-corrected chi connectivity index (χ2v) is 5.20. The Morgan fingerprint density at radius 2 is 2.14 bits per heavy atom. The molecule has 0 radical (unpaired) electrons. The lowest BCUT2D eigenvalue weighted by atomic mass is 9.95. The molecule has 0 spiro atoms. The summed E-state index contributed by atoms with van der Waals surface area (Å²) in [4.78, 5) is 23.6. The minimum atomic E-state index is -0.975. The molecule has 5 nitrogen and oxygen atoms in total. The minimum Gasteiger partial charge on any atom is -0.445 e. The molecule has 106 valence electrons. The third-order valence-corrected chi connectivity index (χ3v) is 3.56. The Bertz CT molecular complexity index is 779. The number of halogens is 1. The Kier molecular flexibility index (Phi) is 3.14. The Morgan fingerprint density at radius 1 is 1.38 bits per heavy atom. The fourth-order valence-electron chi connectivity index (χ4n) is 2.26. The highest BCUT2D eigenvalue weighted by Crippen LogP contribution is 2.36. The summed E-state index contributed by atoms with van der Waals surface area (Å²) in [6.45, 7) is 3.45. The van der Waals surface area contributed by atoms with Gasteiger partial charge >= 0.3 is 5.97 Å². The van der Waals surface area contributed by atoms with Gasteiger partial charge in [0, 0.05) is 29.4 Å². The average Bonchev–Trinajstić information content (AvgIpc) is 2.98. The zero-order chi connectivity index (χ0) is 15.1. The van der Waals surface area contributed by atoms with Crippen LogP contribution in [0.1, 0.15) is 11.7 Å². The highest BCUT2D eigenvalue weighted by atomic mass is 35.5. The number of carbonyl (C=O) groups excluding carboxylic acids is 2. The van der Waals surface area contributed by atoms with E-state index in [2.05, 4.69) is 11.7 Å². The molecular formula is C15H11ClN2O3. The quantitative estimate of drug-likeness (QED) is 0.486. The topological polar surface area (TPSA) is 61.2 Å². The predicted octanol–water partition coefficient (Wildman–Crippen LogP) is 2.46. The molecule has 0 saturated carbocycles. The van der Waals surface area contributed by atoms with Crippen LogP contribution in [0.25, 0.3) is 11.1 Å². The number of hydrogen-bond donors (Lipinski definition) is 0. The van der Waals surface area contributed by atoms with E-state index in [1.165, 1.54) is 0 Å². The Balaban J connectivity index is 2.13. The van der Waals surface area contributed by atoms with Crippen molar-refractivity contribution in [3.63, 3.8) is 0 Å². The van der Waals surface area contributed by atoms with Gasteiger partial charge in [-0.15, -0.1) is 0 Å². The van der Waals surface area contributed by atoms with E-state index in [9.17, 15) is 9.59 Å². The number of aromatic nitrogens is 2. The fourth-order valence-corrected chi connectivity index (χ4v) is 2.43. The van der Waals surface area contributed by atoms with Crippen molar-refractivity contribution in [1.29, 1.82) is 0 Å². The number of hydrogen-bond acceptors (Lipinski definition) is 4. The van der Waals surface area contributed by atoms with Crippen molar-refractivity contribution < 1.29 is 14.3 Å². The predicted molar refractivity (Wildman–Crippen MR) is 76.6 cm³/mol. The molecule has 2 heterocycles. The number of aryl methyl sites for hydroxylation is 1. The first-order chi connectivity index (χ1) is 9.97. The molecule has 1 fully saturated rings. The third-order valence-electron chi connectivity index (χ3n) is 3.32. The molecule has 1 aliphatic heterocycles. The van der Waals surface area contributed by atoms with Crippen LogP contribution in [0.4, 0.5) is 0 Å². The SMILES string of the molecule is C=C1C(=O)O[C@H](c2ccc(Cl)cc2-c2cnn(C)c2)C1=O. The van der Waals surface area contributed by atoms with Crippen LogP contribution in [0.3, 0.4) is 0 Å². The van der Waals surface area contributed by atoms with Gasteiger partial charge in [0.05, 0.1) is 11.8 Å². The zero-order valence-electron chi connectivity index (χ0n) is 11.2. The number of carbonyl (C=O) groups is 2. The van der Waals surface area contributed by atoms with Crippen molar-refractivity contribution in [1.82, 2.24) is 9.78 Å². The van der Waals surface area contributed by atoms with Crippen LogP contribution in [0.15, 0.2) is 42.7 Å². The largest absolute Gasteiger partial charge is 0.445 e. The molecular weight excluding hydrogens is 292 g/mol. The molecule has 0 aliphatic carbocycles. The number of rotatable bonds is 2. The monoisotopic (exact) mass is 302 g/mol. The second-order valence-electron chi connectivity index (χ2n) is 4.76. The Morgan fingerprint density at radius 3 is 2.71 bits per heavy atom. The van der Waals surface area contributed by atoms with Gasteiger partial charge in [-0.1, -0.05) is 24.2 Å². The summed E-state index contributed by atoms with van der Waals surface area (Å²) in [5, 5.41) is 4.62. The maximum Gasteiger partial charge on any atom is 0.342 e. The minimum absolute atomic E-state index is 0.132. The molecule has 0 N–H and O–H groups in total. The van der Waals surface area contributed by atoms with Gasteiger partial charge in [0.25, 0.3) is 0 Å². The van der Waals surface area contributed by atoms with Crippen molar-refractivity contribution >= 4 is 23.4 Å². The molecule has 2 aromatic rings. The molecule has 6 heteroatoms. The van der Waals surface area contributed by atoms with E-state index in [-0.39, 0.29) is 5.57 Å². The number of esters is 1. The number of nitrogens with zero attached hydrogens (tertiary/aromatic N) is 2. The molecule has 0 bridgehead atoms. The van der Waals surface area contributed by atoms with Gasteiger partial charge in [-0.25, -0.2) is 4.79 Å². The average molecular weight is 303 g/mol. The summed E-state index contributed by atoms with van der Waals surface area (Å²) in [5.74, 6) is -1.11. The van der Waals surface area contributed by atoms with Gasteiger partial charge in [-0.2, -0.15) is 5.10 Å². The normalized spacial score (nSPS) is 18.2. The summed E-state index contributed by atoms with van der Waals surface area (Å²) in [6.07, 6.45) is 2.48. The van der Waals surface area contributed by atoms with E-state index in [0.29, 0.717) is 16.1 Å². The van der Waals surface area contributed by atoms with Crippen LogP contribution in [0.2, 0.25) is 5.02 Å². The summed E-state index contributed by atoms with van der Waals surface area (Å²) in [7, 11) is 1.79. The van der Waals surface area contributed by atoms with Crippen molar-refractivity contribution in [3.8, 4) is 11.1 Å². The van der Waals surface area contributed by atoms with Gasteiger partial charge in [0.1, 0.15) is 0 Å². The van der Waals surface area contributed by atoms with E-state index in [1.807, 2.05) is 0 Å². The molecule has 21 heavy (non-hydrogen) atoms. The van der Waals surface area contributed by atoms with E-state index >= 15 is 0 Å². The summed E-state index contributed by atoms with van der Waals surface area (Å²) < 4.78 is 6.76. The number of cyclic esters (lactones) is 1. The van der Waals surface area contributed by atoms with Gasteiger partial charge in [0.2, 0.25) is 5.78 Å². The number of benzene rings is 1. The molecule has 3 rings (SSSR count). The smallest absolute Gasteiger partial charge is 0.342 e. The van der Waals surface area contributed by atoms with Crippen molar-refractivity contribution in [2.45, 2.75) is 6.10 Å². The van der Waals surface area contributed by atoms with E-state index in [4.69, 9.17) is 16.3 Å². The number of ether oxygens (including phenoxy) is 1. The lowest BCUT2D eigenvalue weighted by molar-refractivity contribution is -0.141.